The zero-order valence-electron chi connectivity index (χ0n) is 11.8. The van der Waals surface area contributed by atoms with Crippen molar-refractivity contribution < 1.29 is 0 Å². The van der Waals surface area contributed by atoms with Crippen molar-refractivity contribution in [3.05, 3.63) is 22.7 Å². The molecule has 2 N–H and O–H groups in total. The standard InChI is InChI=1S/C12H18N6OS/c1-4-6-13-10-14-7-5-9(15-10)20-12-17-16-11(19)18(12)8(2)3/h5,7-8H,4,6H2,1-3H3,(H,16,19)(H,13,14,15). The Kier molecular flexibility index (Phi) is 4.78. The van der Waals surface area contributed by atoms with Crippen LogP contribution in [0.1, 0.15) is 33.2 Å². The minimum absolute atomic E-state index is 0.0447. The Hall–Kier alpha value is -1.83. The van der Waals surface area contributed by atoms with Crippen molar-refractivity contribution in [3.63, 3.8) is 0 Å². The van der Waals surface area contributed by atoms with E-state index in [9.17, 15) is 4.79 Å². The number of hydrogen-bond donors (Lipinski definition) is 2. The lowest BCUT2D eigenvalue weighted by Crippen LogP contribution is -2.19. The van der Waals surface area contributed by atoms with Gasteiger partial charge in [-0.2, -0.15) is 0 Å². The number of H-pyrrole nitrogens is 1. The SMILES string of the molecule is CCCNc1nccc(Sc2n[nH]c(=O)n2C(C)C)n1. The van der Waals surface area contributed by atoms with Gasteiger partial charge in [-0.25, -0.2) is 19.9 Å². The molecular weight excluding hydrogens is 276 g/mol. The Morgan fingerprint density at radius 2 is 2.30 bits per heavy atom. The van der Waals surface area contributed by atoms with Crippen molar-refractivity contribution in [3.8, 4) is 0 Å². The minimum Gasteiger partial charge on any atom is -0.354 e. The van der Waals surface area contributed by atoms with E-state index in [0.29, 0.717) is 11.1 Å². The molecule has 2 rings (SSSR count). The lowest BCUT2D eigenvalue weighted by Gasteiger charge is -2.08. The Labute approximate surface area is 121 Å². The molecule has 2 heterocycles. The minimum atomic E-state index is -0.208. The molecule has 0 amide bonds. The maximum absolute atomic E-state index is 11.7. The summed E-state index contributed by atoms with van der Waals surface area (Å²) in [4.78, 5) is 20.2. The van der Waals surface area contributed by atoms with Crippen molar-refractivity contribution in [2.24, 2.45) is 0 Å². The number of hydrogen-bond acceptors (Lipinski definition) is 6. The van der Waals surface area contributed by atoms with Crippen LogP contribution in [-0.4, -0.2) is 31.3 Å². The highest BCUT2D eigenvalue weighted by atomic mass is 32.2. The van der Waals surface area contributed by atoms with Crippen molar-refractivity contribution in [2.75, 3.05) is 11.9 Å². The van der Waals surface area contributed by atoms with Gasteiger partial charge in [0.2, 0.25) is 5.95 Å². The zero-order valence-corrected chi connectivity index (χ0v) is 12.6. The smallest absolute Gasteiger partial charge is 0.344 e. The quantitative estimate of drug-likeness (QED) is 0.791. The van der Waals surface area contributed by atoms with E-state index in [1.165, 1.54) is 11.8 Å². The lowest BCUT2D eigenvalue weighted by molar-refractivity contribution is 0.534. The molecule has 0 bridgehead atoms. The molecule has 0 radical (unpaired) electrons. The summed E-state index contributed by atoms with van der Waals surface area (Å²) in [6.07, 6.45) is 2.70. The molecule has 7 nitrogen and oxygen atoms in total. The maximum Gasteiger partial charge on any atom is 0.344 e. The van der Waals surface area contributed by atoms with E-state index in [0.717, 1.165) is 18.0 Å². The first-order chi connectivity index (χ1) is 9.61. The van der Waals surface area contributed by atoms with Gasteiger partial charge in [-0.15, -0.1) is 5.10 Å². The first kappa shape index (κ1) is 14.6. The fourth-order valence-electron chi connectivity index (χ4n) is 1.63. The van der Waals surface area contributed by atoms with Gasteiger partial charge in [-0.1, -0.05) is 6.92 Å². The summed E-state index contributed by atoms with van der Waals surface area (Å²) in [7, 11) is 0. The Balaban J connectivity index is 2.20. The fraction of sp³-hybridized carbons (Fsp3) is 0.500. The summed E-state index contributed by atoms with van der Waals surface area (Å²) in [5, 5.41) is 11.0. The van der Waals surface area contributed by atoms with Gasteiger partial charge in [-0.3, -0.25) is 4.57 Å². The predicted octanol–water partition coefficient (Wildman–Crippen LogP) is 1.92. The van der Waals surface area contributed by atoms with Crippen LogP contribution in [0.15, 0.2) is 27.2 Å². The fourth-order valence-corrected chi connectivity index (χ4v) is 2.56. The highest BCUT2D eigenvalue weighted by Crippen LogP contribution is 2.25. The van der Waals surface area contributed by atoms with Crippen LogP contribution in [0, 0.1) is 0 Å². The topological polar surface area (TPSA) is 88.5 Å². The third kappa shape index (κ3) is 3.38. The second-order valence-corrected chi connectivity index (χ2v) is 5.51. The van der Waals surface area contributed by atoms with Gasteiger partial charge in [0, 0.05) is 18.8 Å². The molecule has 0 aliphatic rings. The summed E-state index contributed by atoms with van der Waals surface area (Å²) in [5.74, 6) is 0.589. The van der Waals surface area contributed by atoms with Crippen LogP contribution in [0.2, 0.25) is 0 Å². The van der Waals surface area contributed by atoms with Crippen LogP contribution in [0.5, 0.6) is 0 Å². The molecule has 20 heavy (non-hydrogen) atoms. The molecule has 0 saturated carbocycles. The summed E-state index contributed by atoms with van der Waals surface area (Å²) < 4.78 is 1.60. The first-order valence-electron chi connectivity index (χ1n) is 6.53. The number of anilines is 1. The van der Waals surface area contributed by atoms with E-state index in [4.69, 9.17) is 0 Å². The lowest BCUT2D eigenvalue weighted by atomic mass is 10.4. The molecule has 0 spiro atoms. The van der Waals surface area contributed by atoms with E-state index in [-0.39, 0.29) is 11.7 Å². The van der Waals surface area contributed by atoms with Crippen LogP contribution in [0.4, 0.5) is 5.95 Å². The highest BCUT2D eigenvalue weighted by molar-refractivity contribution is 7.99. The largest absolute Gasteiger partial charge is 0.354 e. The summed E-state index contributed by atoms with van der Waals surface area (Å²) in [6.45, 7) is 6.79. The molecule has 0 unspecified atom stereocenters. The van der Waals surface area contributed by atoms with Crippen molar-refractivity contribution in [1.29, 1.82) is 0 Å². The third-order valence-corrected chi connectivity index (χ3v) is 3.45. The Morgan fingerprint density at radius 3 is 3.00 bits per heavy atom. The highest BCUT2D eigenvalue weighted by Gasteiger charge is 2.13. The second-order valence-electron chi connectivity index (χ2n) is 4.52. The maximum atomic E-state index is 11.7. The van der Waals surface area contributed by atoms with Gasteiger partial charge in [-0.05, 0) is 38.1 Å². The molecule has 0 aliphatic carbocycles. The van der Waals surface area contributed by atoms with E-state index >= 15 is 0 Å². The molecule has 108 valence electrons. The molecule has 2 aromatic heterocycles. The molecule has 2 aromatic rings. The van der Waals surface area contributed by atoms with Gasteiger partial charge < -0.3 is 5.32 Å². The monoisotopic (exact) mass is 294 g/mol. The first-order valence-corrected chi connectivity index (χ1v) is 7.35. The summed E-state index contributed by atoms with van der Waals surface area (Å²) in [6, 6.07) is 1.84. The van der Waals surface area contributed by atoms with Crippen LogP contribution >= 0.6 is 11.8 Å². The Bertz CT molecular complexity index is 620. The Morgan fingerprint density at radius 1 is 1.50 bits per heavy atom. The number of nitrogens with zero attached hydrogens (tertiary/aromatic N) is 4. The van der Waals surface area contributed by atoms with Gasteiger partial charge in [0.1, 0.15) is 5.03 Å². The number of aromatic amines is 1. The van der Waals surface area contributed by atoms with Gasteiger partial charge in [0.05, 0.1) is 0 Å². The molecule has 0 fully saturated rings. The molecule has 0 atom stereocenters. The zero-order chi connectivity index (χ0) is 14.5. The van der Waals surface area contributed by atoms with Gasteiger partial charge in [0.25, 0.3) is 0 Å². The summed E-state index contributed by atoms with van der Waals surface area (Å²) >= 11 is 1.34. The summed E-state index contributed by atoms with van der Waals surface area (Å²) in [5.41, 5.74) is -0.208. The van der Waals surface area contributed by atoms with Crippen LogP contribution < -0.4 is 11.0 Å². The normalized spacial score (nSPS) is 11.0. The molecule has 8 heteroatoms. The number of nitrogens with one attached hydrogen (secondary N) is 2. The second kappa shape index (κ2) is 6.56. The van der Waals surface area contributed by atoms with Crippen LogP contribution in [0.25, 0.3) is 0 Å². The number of rotatable bonds is 6. The van der Waals surface area contributed by atoms with Crippen molar-refractivity contribution in [2.45, 2.75) is 43.4 Å². The average Bonchev–Trinajstić information content (AvgIpc) is 2.78. The van der Waals surface area contributed by atoms with E-state index in [2.05, 4.69) is 32.4 Å². The number of aromatic nitrogens is 5. The molecule has 0 aliphatic heterocycles. The predicted molar refractivity (Wildman–Crippen MR) is 78.2 cm³/mol. The molecule has 0 saturated heterocycles. The third-order valence-electron chi connectivity index (χ3n) is 2.55. The average molecular weight is 294 g/mol. The van der Waals surface area contributed by atoms with Gasteiger partial charge >= 0.3 is 5.69 Å². The van der Waals surface area contributed by atoms with E-state index < -0.39 is 0 Å². The molecule has 0 aromatic carbocycles. The molecular formula is C12H18N6OS. The van der Waals surface area contributed by atoms with Crippen molar-refractivity contribution >= 4 is 17.7 Å². The van der Waals surface area contributed by atoms with E-state index in [1.807, 2.05) is 13.8 Å². The van der Waals surface area contributed by atoms with Crippen LogP contribution in [-0.2, 0) is 0 Å². The van der Waals surface area contributed by atoms with Crippen LogP contribution in [0.3, 0.4) is 0 Å². The van der Waals surface area contributed by atoms with E-state index in [1.54, 1.807) is 16.8 Å². The van der Waals surface area contributed by atoms with Crippen molar-refractivity contribution in [1.82, 2.24) is 24.7 Å². The van der Waals surface area contributed by atoms with Gasteiger partial charge in [0.15, 0.2) is 5.16 Å².